The van der Waals surface area contributed by atoms with Gasteiger partial charge in [0.2, 0.25) is 0 Å². The molecule has 32 heavy (non-hydrogen) atoms. The summed E-state index contributed by atoms with van der Waals surface area (Å²) in [4.78, 5) is 27.5. The maximum absolute atomic E-state index is 13.3. The zero-order valence-electron chi connectivity index (χ0n) is 19.3. The molecular formula is C26H34N2O4. The number of hydrogen-bond acceptors (Lipinski definition) is 4. The van der Waals surface area contributed by atoms with Gasteiger partial charge in [-0.3, -0.25) is 9.59 Å². The van der Waals surface area contributed by atoms with E-state index >= 15 is 0 Å². The third kappa shape index (κ3) is 4.75. The molecule has 6 nitrogen and oxygen atoms in total. The van der Waals surface area contributed by atoms with Crippen LogP contribution in [0.5, 0.6) is 0 Å². The molecule has 0 N–H and O–H groups in total. The molecule has 1 aliphatic heterocycles. The van der Waals surface area contributed by atoms with Crippen LogP contribution in [0.3, 0.4) is 0 Å². The zero-order valence-corrected chi connectivity index (χ0v) is 19.3. The molecule has 0 bridgehead atoms. The maximum atomic E-state index is 13.3. The fourth-order valence-corrected chi connectivity index (χ4v) is 5.07. The summed E-state index contributed by atoms with van der Waals surface area (Å²) in [5.74, 6) is -0.106. The molecule has 0 unspecified atom stereocenters. The average Bonchev–Trinajstić information content (AvgIpc) is 2.96. The van der Waals surface area contributed by atoms with Crippen LogP contribution in [-0.4, -0.2) is 54.3 Å². The van der Waals surface area contributed by atoms with Gasteiger partial charge in [0, 0.05) is 36.5 Å². The molecule has 172 valence electrons. The van der Waals surface area contributed by atoms with Gasteiger partial charge in [-0.25, -0.2) is 0 Å². The second-order valence-electron chi connectivity index (χ2n) is 8.68. The fraction of sp³-hybridized carbons (Fsp3) is 0.538. The standard InChI is InChI=1S/C26H34N2O4/c1-3-32-25(29)18-28-19(2)23(22-11-5-4-6-12-24(22)28)17-20-9-7-8-10-21(20)26(30)27-13-15-31-16-14-27/h7-10H,3-6,11-18H2,1-2H3. The first-order valence-electron chi connectivity index (χ1n) is 11.9. The van der Waals surface area contributed by atoms with Gasteiger partial charge < -0.3 is 18.9 Å². The minimum atomic E-state index is -0.188. The van der Waals surface area contributed by atoms with Crippen LogP contribution in [0.2, 0.25) is 0 Å². The zero-order chi connectivity index (χ0) is 22.5. The number of morpholine rings is 1. The van der Waals surface area contributed by atoms with Gasteiger partial charge in [-0.1, -0.05) is 24.6 Å². The highest BCUT2D eigenvalue weighted by atomic mass is 16.5. The number of hydrogen-bond donors (Lipinski definition) is 0. The lowest BCUT2D eigenvalue weighted by molar-refractivity contribution is -0.143. The largest absolute Gasteiger partial charge is 0.465 e. The molecule has 0 atom stereocenters. The van der Waals surface area contributed by atoms with Crippen LogP contribution in [0.25, 0.3) is 0 Å². The predicted octanol–water partition coefficient (Wildman–Crippen LogP) is 3.69. The van der Waals surface area contributed by atoms with E-state index in [-0.39, 0.29) is 18.4 Å². The first-order chi connectivity index (χ1) is 15.6. The number of aromatic nitrogens is 1. The molecular weight excluding hydrogens is 404 g/mol. The van der Waals surface area contributed by atoms with Crippen molar-refractivity contribution in [3.8, 4) is 0 Å². The minimum Gasteiger partial charge on any atom is -0.465 e. The van der Waals surface area contributed by atoms with Crippen LogP contribution in [0.4, 0.5) is 0 Å². The lowest BCUT2D eigenvalue weighted by Gasteiger charge is -2.27. The quantitative estimate of drug-likeness (QED) is 0.510. The highest BCUT2D eigenvalue weighted by Crippen LogP contribution is 2.32. The number of rotatable bonds is 6. The van der Waals surface area contributed by atoms with Crippen molar-refractivity contribution in [2.45, 2.75) is 58.9 Å². The third-order valence-corrected chi connectivity index (χ3v) is 6.73. The van der Waals surface area contributed by atoms with Gasteiger partial charge in [0.25, 0.3) is 5.91 Å². The molecule has 6 heteroatoms. The van der Waals surface area contributed by atoms with E-state index in [0.717, 1.165) is 42.5 Å². The van der Waals surface area contributed by atoms with Crippen LogP contribution >= 0.6 is 0 Å². The van der Waals surface area contributed by atoms with Crippen LogP contribution in [0.15, 0.2) is 24.3 Å². The van der Waals surface area contributed by atoms with E-state index in [9.17, 15) is 9.59 Å². The highest BCUT2D eigenvalue weighted by Gasteiger charge is 2.26. The molecule has 4 rings (SSSR count). The average molecular weight is 439 g/mol. The molecule has 2 aromatic rings. The number of benzene rings is 1. The van der Waals surface area contributed by atoms with Crippen molar-refractivity contribution < 1.29 is 19.1 Å². The molecule has 2 aliphatic rings. The molecule has 0 radical (unpaired) electrons. The molecule has 2 heterocycles. The highest BCUT2D eigenvalue weighted by molar-refractivity contribution is 5.96. The summed E-state index contributed by atoms with van der Waals surface area (Å²) in [6, 6.07) is 7.96. The summed E-state index contributed by atoms with van der Waals surface area (Å²) in [6.45, 7) is 7.06. The number of fused-ring (bicyclic) bond motifs is 1. The van der Waals surface area contributed by atoms with Crippen LogP contribution < -0.4 is 0 Å². The number of amides is 1. The van der Waals surface area contributed by atoms with E-state index in [0.29, 0.717) is 39.3 Å². The summed E-state index contributed by atoms with van der Waals surface area (Å²) in [6.07, 6.45) is 6.24. The predicted molar refractivity (Wildman–Crippen MR) is 123 cm³/mol. The second-order valence-corrected chi connectivity index (χ2v) is 8.68. The Labute approximate surface area is 190 Å². The van der Waals surface area contributed by atoms with Gasteiger partial charge >= 0.3 is 5.97 Å². The van der Waals surface area contributed by atoms with Crippen molar-refractivity contribution in [1.82, 2.24) is 9.47 Å². The molecule has 1 amide bonds. The number of carbonyl (C=O) groups is 2. The van der Waals surface area contributed by atoms with Gasteiger partial charge in [-0.2, -0.15) is 0 Å². The first kappa shape index (κ1) is 22.6. The lowest BCUT2D eigenvalue weighted by Crippen LogP contribution is -2.41. The Morgan fingerprint density at radius 1 is 1.06 bits per heavy atom. The monoisotopic (exact) mass is 438 g/mol. The van der Waals surface area contributed by atoms with Crippen LogP contribution in [0.1, 0.15) is 64.6 Å². The van der Waals surface area contributed by atoms with E-state index in [1.54, 1.807) is 0 Å². The number of nitrogens with zero attached hydrogens (tertiary/aromatic N) is 2. The Morgan fingerprint density at radius 2 is 1.81 bits per heavy atom. The molecule has 1 fully saturated rings. The van der Waals surface area contributed by atoms with Crippen molar-refractivity contribution in [2.24, 2.45) is 0 Å². The maximum Gasteiger partial charge on any atom is 0.325 e. The van der Waals surface area contributed by atoms with Gasteiger partial charge in [-0.05, 0) is 62.3 Å². The normalized spacial score (nSPS) is 16.4. The Hall–Kier alpha value is -2.60. The molecule has 0 saturated carbocycles. The van der Waals surface area contributed by atoms with Gasteiger partial charge in [0.1, 0.15) is 6.54 Å². The molecule has 0 spiro atoms. The van der Waals surface area contributed by atoms with Gasteiger partial charge in [-0.15, -0.1) is 0 Å². The first-order valence-corrected chi connectivity index (χ1v) is 11.9. The van der Waals surface area contributed by atoms with E-state index in [4.69, 9.17) is 9.47 Å². The van der Waals surface area contributed by atoms with E-state index in [1.807, 2.05) is 30.0 Å². The molecule has 1 aromatic carbocycles. The van der Waals surface area contributed by atoms with Gasteiger partial charge in [0.05, 0.1) is 19.8 Å². The van der Waals surface area contributed by atoms with Crippen molar-refractivity contribution in [3.63, 3.8) is 0 Å². The summed E-state index contributed by atoms with van der Waals surface area (Å²) in [5.41, 5.74) is 6.87. The third-order valence-electron chi connectivity index (χ3n) is 6.73. The van der Waals surface area contributed by atoms with E-state index in [2.05, 4.69) is 17.6 Å². The topological polar surface area (TPSA) is 60.8 Å². The van der Waals surface area contributed by atoms with Crippen molar-refractivity contribution >= 4 is 11.9 Å². The van der Waals surface area contributed by atoms with E-state index in [1.165, 1.54) is 23.2 Å². The Bertz CT molecular complexity index is 972. The summed E-state index contributed by atoms with van der Waals surface area (Å²) in [7, 11) is 0. The minimum absolute atomic E-state index is 0.0820. The second kappa shape index (κ2) is 10.3. The van der Waals surface area contributed by atoms with Crippen LogP contribution in [0, 0.1) is 6.92 Å². The fourth-order valence-electron chi connectivity index (χ4n) is 5.07. The Morgan fingerprint density at radius 3 is 2.59 bits per heavy atom. The van der Waals surface area contributed by atoms with E-state index < -0.39 is 0 Å². The lowest BCUT2D eigenvalue weighted by atomic mass is 9.94. The molecule has 1 aliphatic carbocycles. The molecule has 1 aromatic heterocycles. The Balaban J connectivity index is 1.68. The van der Waals surface area contributed by atoms with Crippen molar-refractivity contribution in [3.05, 3.63) is 57.9 Å². The SMILES string of the molecule is CCOC(=O)Cn1c(C)c(Cc2ccccc2C(=O)N2CCOCC2)c2c1CCCCC2. The van der Waals surface area contributed by atoms with Crippen LogP contribution in [-0.2, 0) is 40.1 Å². The summed E-state index contributed by atoms with van der Waals surface area (Å²) < 4.78 is 12.8. The molecule has 1 saturated heterocycles. The number of ether oxygens (including phenoxy) is 2. The Kier molecular flexibility index (Phi) is 7.30. The smallest absolute Gasteiger partial charge is 0.325 e. The van der Waals surface area contributed by atoms with Crippen molar-refractivity contribution in [2.75, 3.05) is 32.9 Å². The summed E-state index contributed by atoms with van der Waals surface area (Å²) in [5, 5.41) is 0. The summed E-state index contributed by atoms with van der Waals surface area (Å²) >= 11 is 0. The number of carbonyl (C=O) groups excluding carboxylic acids is 2. The van der Waals surface area contributed by atoms with Gasteiger partial charge in [0.15, 0.2) is 0 Å². The van der Waals surface area contributed by atoms with Crippen molar-refractivity contribution in [1.29, 1.82) is 0 Å². The number of esters is 1.